The van der Waals surface area contributed by atoms with E-state index in [2.05, 4.69) is 0 Å². The summed E-state index contributed by atoms with van der Waals surface area (Å²) in [5, 5.41) is 8.65. The fraction of sp³-hybridized carbons (Fsp3) is 0.875. The Balaban J connectivity index is 2.26. The molecule has 0 saturated heterocycles. The Morgan fingerprint density at radius 3 is 2.64 bits per heavy atom. The van der Waals surface area contributed by atoms with Crippen LogP contribution in [0.5, 0.6) is 0 Å². The summed E-state index contributed by atoms with van der Waals surface area (Å²) in [6.45, 7) is 1.58. The van der Waals surface area contributed by atoms with Crippen LogP contribution >= 0.6 is 0 Å². The Labute approximate surface area is 66.6 Å². The van der Waals surface area contributed by atoms with Gasteiger partial charge in [0, 0.05) is 0 Å². The lowest BCUT2D eigenvalue weighted by atomic mass is 9.96. The summed E-state index contributed by atoms with van der Waals surface area (Å²) in [5.41, 5.74) is 4.52. The smallest absolute Gasteiger partial charge is 0.323 e. The molecule has 1 fully saturated rings. The quantitative estimate of drug-likeness (QED) is 0.639. The normalized spacial score (nSPS) is 22.7. The molecule has 0 aromatic rings. The maximum Gasteiger partial charge on any atom is 0.323 e. The first-order chi connectivity index (χ1) is 5.02. The van der Waals surface area contributed by atoms with Gasteiger partial charge < -0.3 is 10.8 Å². The molecule has 3 heteroatoms. The number of hydrogen-bond acceptors (Lipinski definition) is 2. The molecule has 0 aliphatic heterocycles. The molecule has 0 heterocycles. The van der Waals surface area contributed by atoms with Crippen LogP contribution in [0.2, 0.25) is 0 Å². The van der Waals surface area contributed by atoms with Crippen molar-refractivity contribution in [3.05, 3.63) is 0 Å². The topological polar surface area (TPSA) is 63.3 Å². The zero-order valence-corrected chi connectivity index (χ0v) is 6.84. The van der Waals surface area contributed by atoms with E-state index in [0.29, 0.717) is 6.42 Å². The van der Waals surface area contributed by atoms with Crippen molar-refractivity contribution in [3.8, 4) is 0 Å². The number of carboxylic acids is 1. The highest BCUT2D eigenvalue weighted by molar-refractivity contribution is 5.77. The minimum absolute atomic E-state index is 0.604. The van der Waals surface area contributed by atoms with Crippen LogP contribution < -0.4 is 5.73 Å². The number of hydrogen-bond donors (Lipinski definition) is 2. The van der Waals surface area contributed by atoms with Gasteiger partial charge in [0.1, 0.15) is 5.54 Å². The van der Waals surface area contributed by atoms with Crippen molar-refractivity contribution >= 4 is 5.97 Å². The van der Waals surface area contributed by atoms with Crippen molar-refractivity contribution in [2.24, 2.45) is 11.7 Å². The zero-order valence-electron chi connectivity index (χ0n) is 6.84. The molecule has 0 aromatic heterocycles. The molecule has 0 aromatic carbocycles. The van der Waals surface area contributed by atoms with E-state index in [1.165, 1.54) is 12.8 Å². The first kappa shape index (κ1) is 8.53. The first-order valence-electron chi connectivity index (χ1n) is 4.04. The second-order valence-corrected chi connectivity index (χ2v) is 3.70. The molecule has 0 amide bonds. The first-order valence-corrected chi connectivity index (χ1v) is 4.04. The summed E-state index contributed by atoms with van der Waals surface area (Å²) in [4.78, 5) is 10.5. The van der Waals surface area contributed by atoms with Crippen molar-refractivity contribution < 1.29 is 9.90 Å². The predicted octanol–water partition coefficient (Wildman–Crippen LogP) is 0.979. The average Bonchev–Trinajstić information content (AvgIpc) is 2.65. The van der Waals surface area contributed by atoms with Gasteiger partial charge in [0.2, 0.25) is 0 Å². The van der Waals surface area contributed by atoms with Crippen molar-refractivity contribution in [3.63, 3.8) is 0 Å². The highest BCUT2D eigenvalue weighted by Crippen LogP contribution is 2.34. The minimum Gasteiger partial charge on any atom is -0.480 e. The second-order valence-electron chi connectivity index (χ2n) is 3.70. The highest BCUT2D eigenvalue weighted by Gasteiger charge is 2.31. The summed E-state index contributed by atoms with van der Waals surface area (Å²) in [6.07, 6.45) is 4.09. The van der Waals surface area contributed by atoms with E-state index in [9.17, 15) is 4.79 Å². The van der Waals surface area contributed by atoms with Gasteiger partial charge in [-0.05, 0) is 25.7 Å². The molecular formula is C8H15NO2. The van der Waals surface area contributed by atoms with Crippen molar-refractivity contribution in [2.45, 2.75) is 38.1 Å². The molecule has 0 bridgehead atoms. The van der Waals surface area contributed by atoms with Gasteiger partial charge in [-0.2, -0.15) is 0 Å². The zero-order chi connectivity index (χ0) is 8.48. The van der Waals surface area contributed by atoms with Crippen LogP contribution in [0, 0.1) is 5.92 Å². The molecule has 3 nitrogen and oxygen atoms in total. The van der Waals surface area contributed by atoms with Gasteiger partial charge in [-0.1, -0.05) is 12.8 Å². The SMILES string of the molecule is C[C@](N)(CCC1CC1)C(=O)O. The third-order valence-electron chi connectivity index (χ3n) is 2.26. The van der Waals surface area contributed by atoms with Crippen molar-refractivity contribution in [1.82, 2.24) is 0 Å². The largest absolute Gasteiger partial charge is 0.480 e. The Morgan fingerprint density at radius 2 is 2.27 bits per heavy atom. The number of nitrogens with two attached hydrogens (primary N) is 1. The second kappa shape index (κ2) is 2.81. The summed E-state index contributed by atoms with van der Waals surface area (Å²) < 4.78 is 0. The van der Waals surface area contributed by atoms with Crippen molar-refractivity contribution in [2.75, 3.05) is 0 Å². The molecule has 1 aliphatic rings. The lowest BCUT2D eigenvalue weighted by molar-refractivity contribution is -0.142. The van der Waals surface area contributed by atoms with Gasteiger partial charge in [0.25, 0.3) is 0 Å². The molecule has 1 saturated carbocycles. The summed E-state index contributed by atoms with van der Waals surface area (Å²) in [5.74, 6) is -0.129. The van der Waals surface area contributed by atoms with Crippen LogP contribution in [0.4, 0.5) is 0 Å². The van der Waals surface area contributed by atoms with Gasteiger partial charge in [-0.15, -0.1) is 0 Å². The fourth-order valence-electron chi connectivity index (χ4n) is 1.02. The Morgan fingerprint density at radius 1 is 1.73 bits per heavy atom. The lowest BCUT2D eigenvalue weighted by Gasteiger charge is -2.18. The van der Waals surface area contributed by atoms with E-state index < -0.39 is 11.5 Å². The van der Waals surface area contributed by atoms with Gasteiger partial charge in [-0.3, -0.25) is 4.79 Å². The van der Waals surface area contributed by atoms with E-state index in [0.717, 1.165) is 12.3 Å². The summed E-state index contributed by atoms with van der Waals surface area (Å²) >= 11 is 0. The molecule has 0 spiro atoms. The standard InChI is InChI=1S/C8H15NO2/c1-8(9,7(10)11)5-4-6-2-3-6/h6H,2-5,9H2,1H3,(H,10,11)/t8-/m0/s1. The monoisotopic (exact) mass is 157 g/mol. The minimum atomic E-state index is -1.01. The van der Waals surface area contributed by atoms with E-state index in [1.54, 1.807) is 6.92 Å². The Bertz CT molecular complexity index is 161. The maximum atomic E-state index is 10.5. The number of aliphatic carboxylic acids is 1. The van der Waals surface area contributed by atoms with Gasteiger partial charge in [0.05, 0.1) is 0 Å². The highest BCUT2D eigenvalue weighted by atomic mass is 16.4. The van der Waals surface area contributed by atoms with E-state index in [1.807, 2.05) is 0 Å². The molecule has 3 N–H and O–H groups in total. The number of carbonyl (C=O) groups is 1. The average molecular weight is 157 g/mol. The maximum absolute atomic E-state index is 10.5. The summed E-state index contributed by atoms with van der Waals surface area (Å²) in [6, 6.07) is 0. The molecule has 1 rings (SSSR count). The van der Waals surface area contributed by atoms with E-state index >= 15 is 0 Å². The van der Waals surface area contributed by atoms with Crippen LogP contribution in [0.15, 0.2) is 0 Å². The molecule has 64 valence electrons. The van der Waals surface area contributed by atoms with Crippen LogP contribution in [-0.4, -0.2) is 16.6 Å². The van der Waals surface area contributed by atoms with Gasteiger partial charge >= 0.3 is 5.97 Å². The van der Waals surface area contributed by atoms with E-state index in [-0.39, 0.29) is 0 Å². The van der Waals surface area contributed by atoms with Crippen LogP contribution in [0.3, 0.4) is 0 Å². The van der Waals surface area contributed by atoms with Crippen LogP contribution in [-0.2, 0) is 4.79 Å². The third kappa shape index (κ3) is 2.50. The molecule has 0 radical (unpaired) electrons. The Kier molecular flexibility index (Phi) is 2.18. The molecular weight excluding hydrogens is 142 g/mol. The van der Waals surface area contributed by atoms with Crippen LogP contribution in [0.1, 0.15) is 32.6 Å². The molecule has 11 heavy (non-hydrogen) atoms. The molecule has 1 aliphatic carbocycles. The van der Waals surface area contributed by atoms with Gasteiger partial charge in [-0.25, -0.2) is 0 Å². The molecule has 1 atom stereocenters. The number of rotatable bonds is 4. The van der Waals surface area contributed by atoms with E-state index in [4.69, 9.17) is 10.8 Å². The Hall–Kier alpha value is -0.570. The van der Waals surface area contributed by atoms with Crippen molar-refractivity contribution in [1.29, 1.82) is 0 Å². The lowest BCUT2D eigenvalue weighted by Crippen LogP contribution is -2.44. The van der Waals surface area contributed by atoms with Crippen LogP contribution in [0.25, 0.3) is 0 Å². The number of carboxylic acid groups (broad SMARTS) is 1. The molecule has 0 unspecified atom stereocenters. The third-order valence-corrected chi connectivity index (χ3v) is 2.26. The predicted molar refractivity (Wildman–Crippen MR) is 42.2 cm³/mol. The summed E-state index contributed by atoms with van der Waals surface area (Å²) in [7, 11) is 0. The van der Waals surface area contributed by atoms with Gasteiger partial charge in [0.15, 0.2) is 0 Å². The fourth-order valence-corrected chi connectivity index (χ4v) is 1.02.